The second-order valence-electron chi connectivity index (χ2n) is 9.40. The zero-order chi connectivity index (χ0) is 29.8. The van der Waals surface area contributed by atoms with Gasteiger partial charge in [-0.2, -0.15) is 27.1 Å². The molecule has 0 aliphatic carbocycles. The molecule has 0 unspecified atom stereocenters. The van der Waals surface area contributed by atoms with Gasteiger partial charge >= 0.3 is 0 Å². The van der Waals surface area contributed by atoms with Crippen LogP contribution in [0.4, 0.5) is 11.4 Å². The number of hydrogen-bond acceptors (Lipinski definition) is 10. The molecule has 0 fully saturated rings. The van der Waals surface area contributed by atoms with Crippen LogP contribution in [0.1, 0.15) is 11.1 Å². The second-order valence-corrected chi connectivity index (χ2v) is 14.1. The molecule has 0 bridgehead atoms. The quantitative estimate of drug-likeness (QED) is 0.108. The SMILES string of the molecule is Cc1ccc2nc(-c3ccc(N=Nc4ccc(-c5nc6ccc(C)c(S(=O)(=O)O)c6s5)cc4)cc3)sc2c1S(=O)(=O)O.[Na].[Na]. The van der Waals surface area contributed by atoms with Gasteiger partial charge in [0.05, 0.1) is 31.8 Å². The van der Waals surface area contributed by atoms with Crippen molar-refractivity contribution in [2.24, 2.45) is 10.2 Å². The molecule has 2 aromatic heterocycles. The van der Waals surface area contributed by atoms with Gasteiger partial charge in [0.2, 0.25) is 0 Å². The molecule has 2 heterocycles. The van der Waals surface area contributed by atoms with Crippen molar-refractivity contribution >= 4 is 134 Å². The van der Waals surface area contributed by atoms with Crippen LogP contribution in [0.25, 0.3) is 41.6 Å². The first kappa shape index (κ1) is 34.9. The van der Waals surface area contributed by atoms with Gasteiger partial charge in [-0.05, 0) is 85.6 Å². The van der Waals surface area contributed by atoms with Gasteiger partial charge in [-0.15, -0.1) is 22.7 Å². The monoisotopic (exact) mass is 682 g/mol. The first-order valence-corrected chi connectivity index (χ1v) is 16.8. The fourth-order valence-electron chi connectivity index (χ4n) is 4.48. The summed E-state index contributed by atoms with van der Waals surface area (Å²) in [6.07, 6.45) is 0. The van der Waals surface area contributed by atoms with Gasteiger partial charge in [0.1, 0.15) is 19.8 Å². The normalized spacial score (nSPS) is 12.0. The molecule has 214 valence electrons. The summed E-state index contributed by atoms with van der Waals surface area (Å²) >= 11 is 2.37. The van der Waals surface area contributed by atoms with E-state index < -0.39 is 20.2 Å². The number of benzene rings is 4. The third kappa shape index (κ3) is 7.07. The standard InChI is InChI=1S/C28H20N4O6S4.2Na/c1-15-3-13-21-23(25(15)41(33,34)35)39-27(29-21)17-5-9-19(10-6-17)31-32-20-11-7-18(8-12-20)28-30-22-14-4-16(2)26(24(22)40-28)42(36,37)38;;/h3-14H,1-2H3,(H,33,34,35)(H,36,37,38);;. The van der Waals surface area contributed by atoms with Crippen LogP contribution in [0, 0.1) is 13.8 Å². The summed E-state index contributed by atoms with van der Waals surface area (Å²) < 4.78 is 67.8. The third-order valence-electron chi connectivity index (χ3n) is 6.44. The summed E-state index contributed by atoms with van der Waals surface area (Å²) in [7, 11) is -8.79. The Kier molecular flexibility index (Phi) is 10.7. The van der Waals surface area contributed by atoms with Gasteiger partial charge in [-0.3, -0.25) is 9.11 Å². The van der Waals surface area contributed by atoms with Gasteiger partial charge < -0.3 is 0 Å². The minimum absolute atomic E-state index is 0. The summed E-state index contributed by atoms with van der Waals surface area (Å²) in [6.45, 7) is 3.25. The van der Waals surface area contributed by atoms with E-state index in [4.69, 9.17) is 0 Å². The van der Waals surface area contributed by atoms with Crippen LogP contribution in [0.2, 0.25) is 0 Å². The Balaban J connectivity index is 0.00000221. The molecule has 10 nitrogen and oxygen atoms in total. The van der Waals surface area contributed by atoms with Crippen LogP contribution in [0.15, 0.2) is 92.8 Å². The Hall–Kier alpha value is -1.92. The summed E-state index contributed by atoms with van der Waals surface area (Å²) in [4.78, 5) is 8.82. The predicted octanol–water partition coefficient (Wildman–Crippen LogP) is 7.00. The van der Waals surface area contributed by atoms with Crippen molar-refractivity contribution in [1.82, 2.24) is 9.97 Å². The van der Waals surface area contributed by atoms with Gasteiger partial charge in [0.25, 0.3) is 20.2 Å². The fourth-order valence-corrected chi connectivity index (χ4v) is 9.11. The maximum absolute atomic E-state index is 11.9. The van der Waals surface area contributed by atoms with Crippen LogP contribution < -0.4 is 0 Å². The molecule has 6 aromatic rings. The molecule has 0 saturated carbocycles. The molecule has 4 aromatic carbocycles. The summed E-state index contributed by atoms with van der Waals surface area (Å²) in [5, 5.41) is 9.78. The number of rotatable bonds is 6. The van der Waals surface area contributed by atoms with E-state index in [0.717, 1.165) is 11.1 Å². The van der Waals surface area contributed by atoms with Crippen LogP contribution in [-0.2, 0) is 20.2 Å². The minimum atomic E-state index is -4.39. The average molecular weight is 683 g/mol. The molecule has 2 N–H and O–H groups in total. The minimum Gasteiger partial charge on any atom is -0.282 e. The van der Waals surface area contributed by atoms with Crippen molar-refractivity contribution in [3.8, 4) is 21.1 Å². The largest absolute Gasteiger partial charge is 0.296 e. The maximum Gasteiger partial charge on any atom is 0.296 e. The molecular weight excluding hydrogens is 663 g/mol. The van der Waals surface area contributed by atoms with E-state index in [-0.39, 0.29) is 68.9 Å². The molecule has 0 amide bonds. The number of azo groups is 1. The number of aryl methyl sites for hydroxylation is 2. The molecule has 0 atom stereocenters. The fraction of sp³-hybridized carbons (Fsp3) is 0.0714. The van der Waals surface area contributed by atoms with E-state index in [0.29, 0.717) is 53.0 Å². The molecule has 2 radical (unpaired) electrons. The van der Waals surface area contributed by atoms with Crippen molar-refractivity contribution in [3.05, 3.63) is 83.9 Å². The van der Waals surface area contributed by atoms with Gasteiger partial charge in [0.15, 0.2) is 0 Å². The second kappa shape index (κ2) is 13.4. The smallest absolute Gasteiger partial charge is 0.282 e. The Morgan fingerprint density at radius 2 is 0.909 bits per heavy atom. The molecule has 0 aliphatic heterocycles. The van der Waals surface area contributed by atoms with E-state index in [1.165, 1.54) is 22.7 Å². The van der Waals surface area contributed by atoms with E-state index in [1.807, 2.05) is 24.3 Å². The molecular formula is C28H20N4Na2O6S4. The van der Waals surface area contributed by atoms with Crippen LogP contribution >= 0.6 is 22.7 Å². The van der Waals surface area contributed by atoms with Gasteiger partial charge in [0, 0.05) is 70.2 Å². The first-order valence-electron chi connectivity index (χ1n) is 12.3. The Morgan fingerprint density at radius 3 is 1.23 bits per heavy atom. The molecule has 0 saturated heterocycles. The van der Waals surface area contributed by atoms with E-state index >= 15 is 0 Å². The van der Waals surface area contributed by atoms with Crippen molar-refractivity contribution in [2.75, 3.05) is 0 Å². The van der Waals surface area contributed by atoms with E-state index in [1.54, 1.807) is 62.4 Å². The van der Waals surface area contributed by atoms with Crippen molar-refractivity contribution in [1.29, 1.82) is 0 Å². The first-order chi connectivity index (χ1) is 19.9. The summed E-state index contributed by atoms with van der Waals surface area (Å²) in [6, 6.07) is 21.0. The number of aromatic nitrogens is 2. The molecule has 6 rings (SSSR count). The maximum atomic E-state index is 11.9. The number of thiazole rings is 2. The van der Waals surface area contributed by atoms with Gasteiger partial charge in [-0.1, -0.05) is 12.1 Å². The molecule has 44 heavy (non-hydrogen) atoms. The van der Waals surface area contributed by atoms with E-state index in [2.05, 4.69) is 20.2 Å². The molecule has 16 heteroatoms. The molecule has 0 aliphatic rings. The number of fused-ring (bicyclic) bond motifs is 2. The Labute approximate surface area is 305 Å². The molecule has 0 spiro atoms. The average Bonchev–Trinajstić information content (AvgIpc) is 3.55. The van der Waals surface area contributed by atoms with Crippen LogP contribution in [-0.4, -0.2) is 95.0 Å². The zero-order valence-corrected chi connectivity index (χ0v) is 31.1. The Morgan fingerprint density at radius 1 is 0.568 bits per heavy atom. The predicted molar refractivity (Wildman–Crippen MR) is 175 cm³/mol. The van der Waals surface area contributed by atoms with Crippen molar-refractivity contribution in [3.63, 3.8) is 0 Å². The topological polar surface area (TPSA) is 159 Å². The zero-order valence-electron chi connectivity index (χ0n) is 23.9. The van der Waals surface area contributed by atoms with Gasteiger partial charge in [-0.25, -0.2) is 9.97 Å². The van der Waals surface area contributed by atoms with Crippen LogP contribution in [0.3, 0.4) is 0 Å². The van der Waals surface area contributed by atoms with Crippen molar-refractivity contribution in [2.45, 2.75) is 23.6 Å². The van der Waals surface area contributed by atoms with E-state index in [9.17, 15) is 25.9 Å². The van der Waals surface area contributed by atoms with Crippen LogP contribution in [0.5, 0.6) is 0 Å². The Bertz CT molecular complexity index is 2110. The number of nitrogens with zero attached hydrogens (tertiary/aromatic N) is 4. The van der Waals surface area contributed by atoms with Crippen molar-refractivity contribution < 1.29 is 25.9 Å². The number of hydrogen-bond donors (Lipinski definition) is 2. The summed E-state index contributed by atoms with van der Waals surface area (Å²) in [5.74, 6) is 0. The summed E-state index contributed by atoms with van der Waals surface area (Å²) in [5.41, 5.74) is 4.59. The third-order valence-corrected chi connectivity index (χ3v) is 11.1.